The van der Waals surface area contributed by atoms with Gasteiger partial charge in [-0.2, -0.15) is 0 Å². The molecule has 116 valence electrons. The zero-order valence-corrected chi connectivity index (χ0v) is 12.4. The molecule has 2 rings (SSSR count). The Hall–Kier alpha value is -1.66. The maximum absolute atomic E-state index is 13.6. The van der Waals surface area contributed by atoms with Crippen molar-refractivity contribution in [2.75, 3.05) is 38.6 Å². The Morgan fingerprint density at radius 3 is 3.00 bits per heavy atom. The summed E-state index contributed by atoms with van der Waals surface area (Å²) >= 11 is 0. The predicted octanol–water partition coefficient (Wildman–Crippen LogP) is 1.59. The molecule has 0 aliphatic carbocycles. The number of rotatable bonds is 4. The summed E-state index contributed by atoms with van der Waals surface area (Å²) in [6, 6.07) is 2.58. The zero-order valence-electron chi connectivity index (χ0n) is 12.4. The van der Waals surface area contributed by atoms with Crippen LogP contribution in [0.25, 0.3) is 0 Å². The summed E-state index contributed by atoms with van der Waals surface area (Å²) in [6.45, 7) is 6.98. The molecule has 1 heterocycles. The first-order valence-corrected chi connectivity index (χ1v) is 7.08. The summed E-state index contributed by atoms with van der Waals surface area (Å²) in [5, 5.41) is 0. The summed E-state index contributed by atoms with van der Waals surface area (Å²) in [5.41, 5.74) is 6.36. The fourth-order valence-electron chi connectivity index (χ4n) is 2.24. The van der Waals surface area contributed by atoms with Crippen LogP contribution in [0.3, 0.4) is 0 Å². The maximum Gasteiger partial charge on any atom is 0.338 e. The van der Waals surface area contributed by atoms with Crippen molar-refractivity contribution in [2.24, 2.45) is 0 Å². The molecule has 6 heteroatoms. The summed E-state index contributed by atoms with van der Waals surface area (Å²) < 4.78 is 24.3. The number of anilines is 1. The minimum Gasteiger partial charge on any atom is -0.459 e. The van der Waals surface area contributed by atoms with Gasteiger partial charge >= 0.3 is 5.97 Å². The molecule has 0 spiro atoms. The Morgan fingerprint density at radius 2 is 2.33 bits per heavy atom. The van der Waals surface area contributed by atoms with E-state index in [2.05, 4.69) is 11.8 Å². The van der Waals surface area contributed by atoms with Gasteiger partial charge in [0.05, 0.1) is 12.2 Å². The van der Waals surface area contributed by atoms with Crippen molar-refractivity contribution in [1.82, 2.24) is 4.90 Å². The monoisotopic (exact) mass is 296 g/mol. The highest BCUT2D eigenvalue weighted by Crippen LogP contribution is 2.18. The molecule has 1 unspecified atom stereocenters. The van der Waals surface area contributed by atoms with Gasteiger partial charge in [-0.15, -0.1) is 0 Å². The first kappa shape index (κ1) is 15.7. The van der Waals surface area contributed by atoms with Gasteiger partial charge in [-0.05, 0) is 25.6 Å². The van der Waals surface area contributed by atoms with E-state index >= 15 is 0 Å². The fourth-order valence-corrected chi connectivity index (χ4v) is 2.24. The number of nitrogens with zero attached hydrogens (tertiary/aromatic N) is 1. The molecule has 0 saturated carbocycles. The third-order valence-corrected chi connectivity index (χ3v) is 3.69. The number of nitrogen functional groups attached to an aromatic ring is 1. The Labute approximate surface area is 123 Å². The second kappa shape index (κ2) is 6.87. The topological polar surface area (TPSA) is 64.8 Å². The van der Waals surface area contributed by atoms with E-state index in [1.54, 1.807) is 6.92 Å². The van der Waals surface area contributed by atoms with Crippen LogP contribution in [-0.2, 0) is 9.47 Å². The van der Waals surface area contributed by atoms with Crippen molar-refractivity contribution in [3.8, 4) is 0 Å². The smallest absolute Gasteiger partial charge is 0.338 e. The molecular weight excluding hydrogens is 275 g/mol. The molecule has 1 aliphatic rings. The lowest BCUT2D eigenvalue weighted by atomic mass is 10.1. The van der Waals surface area contributed by atoms with E-state index in [1.165, 1.54) is 6.07 Å². The van der Waals surface area contributed by atoms with Crippen LogP contribution in [-0.4, -0.2) is 49.8 Å². The van der Waals surface area contributed by atoms with E-state index in [-0.39, 0.29) is 24.0 Å². The van der Waals surface area contributed by atoms with Crippen molar-refractivity contribution in [3.05, 3.63) is 29.1 Å². The number of esters is 1. The van der Waals surface area contributed by atoms with E-state index in [4.69, 9.17) is 15.2 Å². The van der Waals surface area contributed by atoms with Crippen LogP contribution in [0.5, 0.6) is 0 Å². The number of hydrogen-bond acceptors (Lipinski definition) is 5. The standard InChI is InChI=1S/C15H21FN2O3/c1-3-18-4-5-20-12(8-18)9-21-15(19)11-6-13(16)10(2)14(17)7-11/h6-7,12H,3-5,8-9,17H2,1-2H3. The first-order chi connectivity index (χ1) is 10.0. The zero-order chi connectivity index (χ0) is 15.4. The molecule has 1 saturated heterocycles. The van der Waals surface area contributed by atoms with Gasteiger partial charge in [0.15, 0.2) is 0 Å². The third kappa shape index (κ3) is 3.92. The molecule has 0 bridgehead atoms. The van der Waals surface area contributed by atoms with Crippen LogP contribution in [0, 0.1) is 12.7 Å². The molecule has 1 aromatic carbocycles. The van der Waals surface area contributed by atoms with E-state index in [9.17, 15) is 9.18 Å². The summed E-state index contributed by atoms with van der Waals surface area (Å²) in [7, 11) is 0. The highest BCUT2D eigenvalue weighted by molar-refractivity contribution is 5.90. The van der Waals surface area contributed by atoms with Gasteiger partial charge in [-0.3, -0.25) is 4.90 Å². The number of likely N-dealkylation sites (N-methyl/N-ethyl adjacent to an activating group) is 1. The minimum absolute atomic E-state index is 0.124. The molecular formula is C15H21FN2O3. The molecule has 1 aliphatic heterocycles. The van der Waals surface area contributed by atoms with Crippen molar-refractivity contribution in [1.29, 1.82) is 0 Å². The van der Waals surface area contributed by atoms with Crippen LogP contribution in [0.1, 0.15) is 22.8 Å². The maximum atomic E-state index is 13.6. The number of nitrogens with two attached hydrogens (primary N) is 1. The predicted molar refractivity (Wildman–Crippen MR) is 77.7 cm³/mol. The Bertz CT molecular complexity index is 499. The van der Waals surface area contributed by atoms with Crippen LogP contribution in [0.4, 0.5) is 10.1 Å². The molecule has 0 aromatic heterocycles. The fraction of sp³-hybridized carbons (Fsp3) is 0.533. The molecule has 1 fully saturated rings. The minimum atomic E-state index is -0.585. The van der Waals surface area contributed by atoms with Crippen LogP contribution < -0.4 is 5.73 Å². The van der Waals surface area contributed by atoms with E-state index < -0.39 is 11.8 Å². The van der Waals surface area contributed by atoms with Crippen LogP contribution >= 0.6 is 0 Å². The van der Waals surface area contributed by atoms with Gasteiger partial charge < -0.3 is 15.2 Å². The summed E-state index contributed by atoms with van der Waals surface area (Å²) in [4.78, 5) is 14.2. The normalized spacial score (nSPS) is 19.5. The van der Waals surface area contributed by atoms with Crippen LogP contribution in [0.2, 0.25) is 0 Å². The number of benzene rings is 1. The largest absolute Gasteiger partial charge is 0.459 e. The lowest BCUT2D eigenvalue weighted by Gasteiger charge is -2.31. The first-order valence-electron chi connectivity index (χ1n) is 7.08. The van der Waals surface area contributed by atoms with Crippen molar-refractivity contribution in [3.63, 3.8) is 0 Å². The Morgan fingerprint density at radius 1 is 1.57 bits per heavy atom. The average molecular weight is 296 g/mol. The number of hydrogen-bond donors (Lipinski definition) is 1. The number of carbonyl (C=O) groups excluding carboxylic acids is 1. The molecule has 0 amide bonds. The third-order valence-electron chi connectivity index (χ3n) is 3.69. The lowest BCUT2D eigenvalue weighted by molar-refractivity contribution is -0.0578. The van der Waals surface area contributed by atoms with E-state index in [0.717, 1.165) is 25.7 Å². The molecule has 1 atom stereocenters. The second-order valence-electron chi connectivity index (χ2n) is 5.16. The number of ether oxygens (including phenoxy) is 2. The van der Waals surface area contributed by atoms with Gasteiger partial charge in [-0.1, -0.05) is 6.92 Å². The molecule has 2 N–H and O–H groups in total. The average Bonchev–Trinajstić information content (AvgIpc) is 2.50. The molecule has 5 nitrogen and oxygen atoms in total. The van der Waals surface area contributed by atoms with Gasteiger partial charge in [0.25, 0.3) is 0 Å². The number of carbonyl (C=O) groups is 1. The van der Waals surface area contributed by atoms with Gasteiger partial charge in [0, 0.05) is 24.3 Å². The van der Waals surface area contributed by atoms with Crippen molar-refractivity contribution >= 4 is 11.7 Å². The Balaban J connectivity index is 1.93. The van der Waals surface area contributed by atoms with Gasteiger partial charge in [0.1, 0.15) is 18.5 Å². The molecule has 21 heavy (non-hydrogen) atoms. The Kier molecular flexibility index (Phi) is 5.14. The van der Waals surface area contributed by atoms with E-state index in [0.29, 0.717) is 12.2 Å². The van der Waals surface area contributed by atoms with E-state index in [1.807, 2.05) is 0 Å². The molecule has 0 radical (unpaired) electrons. The lowest BCUT2D eigenvalue weighted by Crippen LogP contribution is -2.44. The number of halogens is 1. The second-order valence-corrected chi connectivity index (χ2v) is 5.16. The van der Waals surface area contributed by atoms with Gasteiger partial charge in [0.2, 0.25) is 0 Å². The molecule has 1 aromatic rings. The number of morpholine rings is 1. The SMILES string of the molecule is CCN1CCOC(COC(=O)c2cc(N)c(C)c(F)c2)C1. The van der Waals surface area contributed by atoms with Gasteiger partial charge in [-0.25, -0.2) is 9.18 Å². The summed E-state index contributed by atoms with van der Waals surface area (Å²) in [6.07, 6.45) is -0.143. The quantitative estimate of drug-likeness (QED) is 0.675. The van der Waals surface area contributed by atoms with Crippen molar-refractivity contribution < 1.29 is 18.7 Å². The summed E-state index contributed by atoms with van der Waals surface area (Å²) in [5.74, 6) is -1.09. The van der Waals surface area contributed by atoms with Crippen molar-refractivity contribution in [2.45, 2.75) is 20.0 Å². The highest BCUT2D eigenvalue weighted by Gasteiger charge is 2.21. The van der Waals surface area contributed by atoms with Crippen LogP contribution in [0.15, 0.2) is 12.1 Å². The highest BCUT2D eigenvalue weighted by atomic mass is 19.1.